The third kappa shape index (κ3) is 5.78. The van der Waals surface area contributed by atoms with E-state index in [4.69, 9.17) is 18.0 Å². The van der Waals surface area contributed by atoms with Crippen LogP contribution in [0.1, 0.15) is 11.1 Å². The maximum absolute atomic E-state index is 11.7. The molecule has 1 amide bonds. The smallest absolute Gasteiger partial charge is 0.224 e. The minimum absolute atomic E-state index is 0.0876. The Labute approximate surface area is 130 Å². The van der Waals surface area contributed by atoms with Crippen molar-refractivity contribution >= 4 is 33.1 Å². The SMILES string of the molecule is CN(C)S(=O)(=O)CCNC(=O)Cc1ccc(C(N)=S)cc1. The molecule has 6 nitrogen and oxygen atoms in total. The summed E-state index contributed by atoms with van der Waals surface area (Å²) < 4.78 is 24.2. The molecule has 0 aliphatic rings. The number of carbonyl (C=O) groups excluding carboxylic acids is 1. The van der Waals surface area contributed by atoms with E-state index >= 15 is 0 Å². The van der Waals surface area contributed by atoms with Gasteiger partial charge >= 0.3 is 0 Å². The van der Waals surface area contributed by atoms with E-state index in [1.165, 1.54) is 14.1 Å². The van der Waals surface area contributed by atoms with Gasteiger partial charge in [-0.1, -0.05) is 36.5 Å². The second-order valence-electron chi connectivity index (χ2n) is 4.69. The van der Waals surface area contributed by atoms with Crippen LogP contribution < -0.4 is 11.1 Å². The van der Waals surface area contributed by atoms with Crippen LogP contribution >= 0.6 is 12.2 Å². The van der Waals surface area contributed by atoms with Crippen molar-refractivity contribution in [2.75, 3.05) is 26.4 Å². The van der Waals surface area contributed by atoms with E-state index in [0.717, 1.165) is 15.4 Å². The summed E-state index contributed by atoms with van der Waals surface area (Å²) in [6, 6.07) is 7.04. The first-order chi connectivity index (χ1) is 9.72. The summed E-state index contributed by atoms with van der Waals surface area (Å²) in [6.07, 6.45) is 0.180. The van der Waals surface area contributed by atoms with Crippen molar-refractivity contribution in [2.24, 2.45) is 5.73 Å². The van der Waals surface area contributed by atoms with Crippen LogP contribution in [-0.2, 0) is 21.2 Å². The van der Waals surface area contributed by atoms with Gasteiger partial charge in [-0.05, 0) is 5.56 Å². The van der Waals surface area contributed by atoms with Crippen LogP contribution in [0.5, 0.6) is 0 Å². The molecule has 0 radical (unpaired) electrons. The van der Waals surface area contributed by atoms with Crippen molar-refractivity contribution in [1.82, 2.24) is 9.62 Å². The van der Waals surface area contributed by atoms with E-state index in [0.29, 0.717) is 4.99 Å². The van der Waals surface area contributed by atoms with Gasteiger partial charge in [-0.15, -0.1) is 0 Å². The third-order valence-corrected chi connectivity index (χ3v) is 4.91. The summed E-state index contributed by atoms with van der Waals surface area (Å²) in [6.45, 7) is 0.0876. The monoisotopic (exact) mass is 329 g/mol. The highest BCUT2D eigenvalue weighted by molar-refractivity contribution is 7.89. The lowest BCUT2D eigenvalue weighted by molar-refractivity contribution is -0.120. The summed E-state index contributed by atoms with van der Waals surface area (Å²) in [7, 11) is -0.374. The zero-order valence-electron chi connectivity index (χ0n) is 12.0. The molecular weight excluding hydrogens is 310 g/mol. The highest BCUT2D eigenvalue weighted by atomic mass is 32.2. The minimum atomic E-state index is -3.29. The Bertz CT molecular complexity index is 610. The van der Waals surface area contributed by atoms with E-state index in [1.807, 2.05) is 0 Å². The minimum Gasteiger partial charge on any atom is -0.389 e. The number of carbonyl (C=O) groups is 1. The van der Waals surface area contributed by atoms with Crippen LogP contribution in [0.4, 0.5) is 0 Å². The maximum atomic E-state index is 11.7. The molecule has 21 heavy (non-hydrogen) atoms. The first-order valence-electron chi connectivity index (χ1n) is 6.28. The standard InChI is InChI=1S/C13H19N3O3S2/c1-16(2)21(18,19)8-7-15-12(17)9-10-3-5-11(6-4-10)13(14)20/h3-6H,7-9H2,1-2H3,(H2,14,20)(H,15,17). The van der Waals surface area contributed by atoms with Gasteiger partial charge in [-0.2, -0.15) is 0 Å². The summed E-state index contributed by atoms with van der Waals surface area (Å²) in [4.78, 5) is 12.0. The van der Waals surface area contributed by atoms with E-state index < -0.39 is 10.0 Å². The molecule has 0 unspecified atom stereocenters. The van der Waals surface area contributed by atoms with Gasteiger partial charge in [0.25, 0.3) is 0 Å². The highest BCUT2D eigenvalue weighted by Crippen LogP contribution is 2.05. The number of nitrogens with one attached hydrogen (secondary N) is 1. The topological polar surface area (TPSA) is 92.5 Å². The van der Waals surface area contributed by atoms with Crippen molar-refractivity contribution < 1.29 is 13.2 Å². The maximum Gasteiger partial charge on any atom is 0.224 e. The largest absolute Gasteiger partial charge is 0.389 e. The number of rotatable bonds is 7. The van der Waals surface area contributed by atoms with Gasteiger partial charge < -0.3 is 11.1 Å². The highest BCUT2D eigenvalue weighted by Gasteiger charge is 2.13. The normalized spacial score (nSPS) is 11.4. The van der Waals surface area contributed by atoms with E-state index in [9.17, 15) is 13.2 Å². The molecule has 0 aliphatic heterocycles. The molecule has 3 N–H and O–H groups in total. The average molecular weight is 329 g/mol. The Kier molecular flexibility index (Phi) is 6.25. The molecule has 116 valence electrons. The number of sulfonamides is 1. The van der Waals surface area contributed by atoms with Crippen LogP contribution in [0, 0.1) is 0 Å². The summed E-state index contributed by atoms with van der Waals surface area (Å²) in [5.74, 6) is -0.349. The zero-order chi connectivity index (χ0) is 16.0. The molecule has 0 atom stereocenters. The van der Waals surface area contributed by atoms with Crippen LogP contribution in [0.25, 0.3) is 0 Å². The number of amides is 1. The van der Waals surface area contributed by atoms with Crippen molar-refractivity contribution in [3.05, 3.63) is 35.4 Å². The summed E-state index contributed by atoms with van der Waals surface area (Å²) >= 11 is 4.84. The fourth-order valence-electron chi connectivity index (χ4n) is 1.54. The van der Waals surface area contributed by atoms with Crippen molar-refractivity contribution in [3.63, 3.8) is 0 Å². The van der Waals surface area contributed by atoms with E-state index in [2.05, 4.69) is 5.32 Å². The predicted molar refractivity (Wildman–Crippen MR) is 86.5 cm³/mol. The molecule has 0 spiro atoms. The zero-order valence-corrected chi connectivity index (χ0v) is 13.6. The van der Waals surface area contributed by atoms with Crippen molar-refractivity contribution in [3.8, 4) is 0 Å². The first-order valence-corrected chi connectivity index (χ1v) is 8.30. The number of thiocarbonyl (C=S) groups is 1. The van der Waals surface area contributed by atoms with Gasteiger partial charge in [0.2, 0.25) is 15.9 Å². The molecule has 1 aromatic carbocycles. The lowest BCUT2D eigenvalue weighted by atomic mass is 10.1. The molecule has 0 bridgehead atoms. The van der Waals surface area contributed by atoms with Crippen LogP contribution in [-0.4, -0.2) is 50.0 Å². The summed E-state index contributed by atoms with van der Waals surface area (Å²) in [5, 5.41) is 2.58. The van der Waals surface area contributed by atoms with Crippen LogP contribution in [0.2, 0.25) is 0 Å². The molecule has 0 aliphatic carbocycles. The number of nitrogens with zero attached hydrogens (tertiary/aromatic N) is 1. The molecule has 0 aromatic heterocycles. The van der Waals surface area contributed by atoms with Crippen LogP contribution in [0.15, 0.2) is 24.3 Å². The van der Waals surface area contributed by atoms with Crippen molar-refractivity contribution in [2.45, 2.75) is 6.42 Å². The Morgan fingerprint density at radius 1 is 1.29 bits per heavy atom. The molecular formula is C13H19N3O3S2. The third-order valence-electron chi connectivity index (χ3n) is 2.84. The molecule has 8 heteroatoms. The Morgan fingerprint density at radius 3 is 2.33 bits per heavy atom. The Hall–Kier alpha value is -1.51. The molecule has 0 fully saturated rings. The molecule has 1 rings (SSSR count). The number of hydrogen-bond donors (Lipinski definition) is 2. The van der Waals surface area contributed by atoms with Crippen molar-refractivity contribution in [1.29, 1.82) is 0 Å². The van der Waals surface area contributed by atoms with Crippen LogP contribution in [0.3, 0.4) is 0 Å². The molecule has 0 heterocycles. The molecule has 0 saturated heterocycles. The van der Waals surface area contributed by atoms with Gasteiger partial charge in [0.1, 0.15) is 4.99 Å². The second kappa shape index (κ2) is 7.48. The number of benzene rings is 1. The van der Waals surface area contributed by atoms with Gasteiger partial charge in [-0.3, -0.25) is 4.79 Å². The van der Waals surface area contributed by atoms with E-state index in [1.54, 1.807) is 24.3 Å². The number of nitrogens with two attached hydrogens (primary N) is 1. The summed E-state index contributed by atoms with van der Waals surface area (Å²) in [5.41, 5.74) is 7.04. The first kappa shape index (κ1) is 17.5. The fraction of sp³-hybridized carbons (Fsp3) is 0.385. The lowest BCUT2D eigenvalue weighted by Crippen LogP contribution is -2.34. The van der Waals surface area contributed by atoms with Gasteiger partial charge in [0.15, 0.2) is 0 Å². The van der Waals surface area contributed by atoms with Gasteiger partial charge in [-0.25, -0.2) is 12.7 Å². The quantitative estimate of drug-likeness (QED) is 0.680. The second-order valence-corrected chi connectivity index (χ2v) is 7.43. The Balaban J connectivity index is 2.46. The fourth-order valence-corrected chi connectivity index (χ4v) is 2.40. The lowest BCUT2D eigenvalue weighted by Gasteiger charge is -2.11. The molecule has 0 saturated carbocycles. The molecule has 1 aromatic rings. The van der Waals surface area contributed by atoms with E-state index in [-0.39, 0.29) is 24.6 Å². The van der Waals surface area contributed by atoms with Gasteiger partial charge in [0, 0.05) is 26.2 Å². The van der Waals surface area contributed by atoms with Gasteiger partial charge in [0.05, 0.1) is 12.2 Å². The Morgan fingerprint density at radius 2 is 1.86 bits per heavy atom. The number of hydrogen-bond acceptors (Lipinski definition) is 4. The average Bonchev–Trinajstić information content (AvgIpc) is 2.38. The predicted octanol–water partition coefficient (Wildman–Crippen LogP) is -0.129.